The van der Waals surface area contributed by atoms with Crippen molar-refractivity contribution in [3.05, 3.63) is 71.8 Å². The Bertz CT molecular complexity index is 794. The SMILES string of the molecule is COC(=O)[C@@H]1O[C@@H]2O[C@H]1C(=O)N(Cc1ccccc1)[C@H]2c1ccccc1. The molecule has 4 rings (SSSR count). The third kappa shape index (κ3) is 2.87. The van der Waals surface area contributed by atoms with Gasteiger partial charge >= 0.3 is 5.97 Å². The maximum atomic E-state index is 13.1. The summed E-state index contributed by atoms with van der Waals surface area (Å²) in [5.74, 6) is -0.869. The summed E-state index contributed by atoms with van der Waals surface area (Å²) in [6.07, 6.45) is -2.73. The normalized spacial score (nSPS) is 27.4. The molecule has 2 heterocycles. The van der Waals surface area contributed by atoms with Crippen LogP contribution in [0.2, 0.25) is 0 Å². The standard InChI is InChI=1S/C20H19NO5/c1-24-19(23)17-16-18(22)21(12-13-8-4-2-5-9-13)15(20(25-16)26-17)14-10-6-3-7-11-14/h2-11,15-17,20H,12H2,1H3/t15-,16+,17+,20-/m0/s1. The zero-order valence-corrected chi connectivity index (χ0v) is 14.3. The fourth-order valence-electron chi connectivity index (χ4n) is 3.49. The lowest BCUT2D eigenvalue weighted by Crippen LogP contribution is -2.51. The van der Waals surface area contributed by atoms with Crippen LogP contribution in [0.15, 0.2) is 60.7 Å². The van der Waals surface area contributed by atoms with E-state index in [0.717, 1.165) is 11.1 Å². The van der Waals surface area contributed by atoms with Crippen molar-refractivity contribution in [3.63, 3.8) is 0 Å². The van der Waals surface area contributed by atoms with Gasteiger partial charge in [-0.3, -0.25) is 4.79 Å². The van der Waals surface area contributed by atoms with Gasteiger partial charge < -0.3 is 19.1 Å². The van der Waals surface area contributed by atoms with Crippen LogP contribution < -0.4 is 0 Å². The molecule has 134 valence electrons. The Morgan fingerprint density at radius 3 is 2.35 bits per heavy atom. The third-order valence-corrected chi connectivity index (χ3v) is 4.73. The fourth-order valence-corrected chi connectivity index (χ4v) is 3.49. The Morgan fingerprint density at radius 1 is 1.04 bits per heavy atom. The van der Waals surface area contributed by atoms with Crippen LogP contribution in [0.3, 0.4) is 0 Å². The molecular formula is C20H19NO5. The first-order valence-corrected chi connectivity index (χ1v) is 8.47. The first kappa shape index (κ1) is 16.8. The first-order chi connectivity index (χ1) is 12.7. The van der Waals surface area contributed by atoms with Crippen molar-refractivity contribution in [1.82, 2.24) is 4.90 Å². The van der Waals surface area contributed by atoms with E-state index in [-0.39, 0.29) is 5.91 Å². The van der Waals surface area contributed by atoms with Crippen molar-refractivity contribution in [2.24, 2.45) is 0 Å². The lowest BCUT2D eigenvalue weighted by molar-refractivity contribution is -0.179. The minimum absolute atomic E-state index is 0.271. The molecule has 0 aromatic heterocycles. The van der Waals surface area contributed by atoms with Gasteiger partial charge in [0.1, 0.15) is 6.04 Å². The fraction of sp³-hybridized carbons (Fsp3) is 0.300. The van der Waals surface area contributed by atoms with Gasteiger partial charge in [0, 0.05) is 6.54 Å². The van der Waals surface area contributed by atoms with Gasteiger partial charge in [-0.2, -0.15) is 0 Å². The number of carbonyl (C=O) groups is 2. The van der Waals surface area contributed by atoms with Crippen LogP contribution in [-0.2, 0) is 30.3 Å². The lowest BCUT2D eigenvalue weighted by atomic mass is 10.0. The summed E-state index contributed by atoms with van der Waals surface area (Å²) in [6.45, 7) is 0.410. The largest absolute Gasteiger partial charge is 0.467 e. The van der Waals surface area contributed by atoms with Crippen LogP contribution in [0.4, 0.5) is 0 Å². The quantitative estimate of drug-likeness (QED) is 0.787. The zero-order chi connectivity index (χ0) is 18.1. The molecule has 0 N–H and O–H groups in total. The van der Waals surface area contributed by atoms with Gasteiger partial charge in [-0.1, -0.05) is 60.7 Å². The Hall–Kier alpha value is -2.70. The number of benzene rings is 2. The van der Waals surface area contributed by atoms with E-state index in [1.165, 1.54) is 7.11 Å². The van der Waals surface area contributed by atoms with Crippen molar-refractivity contribution in [2.45, 2.75) is 31.1 Å². The highest BCUT2D eigenvalue weighted by Gasteiger charge is 2.56. The van der Waals surface area contributed by atoms with E-state index in [1.54, 1.807) is 4.90 Å². The number of hydrogen-bond acceptors (Lipinski definition) is 5. The van der Waals surface area contributed by atoms with E-state index in [0.29, 0.717) is 6.54 Å². The van der Waals surface area contributed by atoms with Crippen LogP contribution in [-0.4, -0.2) is 42.4 Å². The van der Waals surface area contributed by atoms with Crippen molar-refractivity contribution in [2.75, 3.05) is 7.11 Å². The summed E-state index contributed by atoms with van der Waals surface area (Å²) >= 11 is 0. The van der Waals surface area contributed by atoms with Gasteiger partial charge in [-0.15, -0.1) is 0 Å². The number of amides is 1. The summed E-state index contributed by atoms with van der Waals surface area (Å²) < 4.78 is 16.3. The molecule has 2 aliphatic heterocycles. The van der Waals surface area contributed by atoms with Crippen molar-refractivity contribution in [3.8, 4) is 0 Å². The Kier molecular flexibility index (Phi) is 4.44. The molecular weight excluding hydrogens is 334 g/mol. The molecule has 6 heteroatoms. The highest BCUT2D eigenvalue weighted by Crippen LogP contribution is 2.40. The topological polar surface area (TPSA) is 65.1 Å². The van der Waals surface area contributed by atoms with Gasteiger partial charge in [0.05, 0.1) is 7.11 Å². The second-order valence-corrected chi connectivity index (χ2v) is 6.31. The average molecular weight is 353 g/mol. The molecule has 26 heavy (non-hydrogen) atoms. The molecule has 1 amide bonds. The number of esters is 1. The van der Waals surface area contributed by atoms with Crippen LogP contribution in [0.1, 0.15) is 17.2 Å². The monoisotopic (exact) mass is 353 g/mol. The van der Waals surface area contributed by atoms with E-state index < -0.39 is 30.5 Å². The van der Waals surface area contributed by atoms with E-state index in [4.69, 9.17) is 14.2 Å². The smallest absolute Gasteiger partial charge is 0.338 e. The van der Waals surface area contributed by atoms with Crippen molar-refractivity contribution < 1.29 is 23.8 Å². The summed E-state index contributed by atoms with van der Waals surface area (Å²) in [5, 5.41) is 0. The second kappa shape index (κ2) is 6.90. The molecule has 2 saturated heterocycles. The molecule has 2 aromatic rings. The summed E-state index contributed by atoms with van der Waals surface area (Å²) in [5.41, 5.74) is 1.89. The molecule has 2 bridgehead atoms. The number of fused-ring (bicyclic) bond motifs is 2. The molecule has 0 unspecified atom stereocenters. The predicted molar refractivity (Wildman–Crippen MR) is 91.7 cm³/mol. The van der Waals surface area contributed by atoms with Crippen LogP contribution >= 0.6 is 0 Å². The number of carbonyl (C=O) groups excluding carboxylic acids is 2. The van der Waals surface area contributed by atoms with Crippen LogP contribution in [0, 0.1) is 0 Å². The number of rotatable bonds is 4. The van der Waals surface area contributed by atoms with Gasteiger partial charge in [0.15, 0.2) is 18.5 Å². The Labute approximate surface area is 151 Å². The minimum Gasteiger partial charge on any atom is -0.467 e. The number of methoxy groups -OCH3 is 1. The number of hydrogen-bond donors (Lipinski definition) is 0. The molecule has 0 aliphatic carbocycles. The van der Waals surface area contributed by atoms with Crippen molar-refractivity contribution >= 4 is 11.9 Å². The molecule has 2 aliphatic rings. The highest BCUT2D eigenvalue weighted by molar-refractivity contribution is 5.90. The molecule has 0 saturated carbocycles. The average Bonchev–Trinajstić information content (AvgIpc) is 3.08. The third-order valence-electron chi connectivity index (χ3n) is 4.73. The van der Waals surface area contributed by atoms with Gasteiger partial charge in [-0.05, 0) is 11.1 Å². The summed E-state index contributed by atoms with van der Waals surface area (Å²) in [6, 6.07) is 18.8. The van der Waals surface area contributed by atoms with Gasteiger partial charge in [0.25, 0.3) is 5.91 Å². The first-order valence-electron chi connectivity index (χ1n) is 8.47. The molecule has 2 aromatic carbocycles. The lowest BCUT2D eigenvalue weighted by Gasteiger charge is -2.38. The predicted octanol–water partition coefficient (Wildman–Crippen LogP) is 2.05. The zero-order valence-electron chi connectivity index (χ0n) is 14.3. The van der Waals surface area contributed by atoms with E-state index in [9.17, 15) is 9.59 Å². The number of nitrogens with zero attached hydrogens (tertiary/aromatic N) is 1. The molecule has 0 spiro atoms. The van der Waals surface area contributed by atoms with E-state index >= 15 is 0 Å². The number of ether oxygens (including phenoxy) is 3. The Morgan fingerprint density at radius 2 is 1.69 bits per heavy atom. The Balaban J connectivity index is 1.71. The summed E-state index contributed by atoms with van der Waals surface area (Å²) in [7, 11) is 1.27. The van der Waals surface area contributed by atoms with E-state index in [2.05, 4.69) is 0 Å². The maximum Gasteiger partial charge on any atom is 0.338 e. The van der Waals surface area contributed by atoms with Gasteiger partial charge in [-0.25, -0.2) is 4.79 Å². The molecule has 4 atom stereocenters. The van der Waals surface area contributed by atoms with E-state index in [1.807, 2.05) is 60.7 Å². The number of morpholine rings is 1. The van der Waals surface area contributed by atoms with Crippen molar-refractivity contribution in [1.29, 1.82) is 0 Å². The van der Waals surface area contributed by atoms with Crippen LogP contribution in [0.25, 0.3) is 0 Å². The summed E-state index contributed by atoms with van der Waals surface area (Å²) in [4.78, 5) is 26.9. The second-order valence-electron chi connectivity index (χ2n) is 6.31. The van der Waals surface area contributed by atoms with Gasteiger partial charge in [0.2, 0.25) is 0 Å². The molecule has 0 radical (unpaired) electrons. The maximum absolute atomic E-state index is 13.1. The minimum atomic E-state index is -1.04. The highest BCUT2D eigenvalue weighted by atomic mass is 16.7. The molecule has 6 nitrogen and oxygen atoms in total. The molecule has 2 fully saturated rings. The van der Waals surface area contributed by atoms with Crippen LogP contribution in [0.5, 0.6) is 0 Å².